The van der Waals surface area contributed by atoms with Crippen molar-refractivity contribution in [1.29, 1.82) is 0 Å². The summed E-state index contributed by atoms with van der Waals surface area (Å²) in [4.78, 5) is 8.12. The normalized spacial score (nSPS) is 16.9. The van der Waals surface area contributed by atoms with Gasteiger partial charge in [0.25, 0.3) is 0 Å². The summed E-state index contributed by atoms with van der Waals surface area (Å²) in [5.41, 5.74) is 1.27. The lowest BCUT2D eigenvalue weighted by Gasteiger charge is -2.26. The summed E-state index contributed by atoms with van der Waals surface area (Å²) < 4.78 is 5.71. The van der Waals surface area contributed by atoms with Crippen LogP contribution in [0.15, 0.2) is 30.5 Å². The monoisotopic (exact) mass is 317 g/mol. The Labute approximate surface area is 136 Å². The van der Waals surface area contributed by atoms with Crippen LogP contribution in [0.3, 0.4) is 0 Å². The minimum Gasteiger partial charge on any atom is -0.493 e. The van der Waals surface area contributed by atoms with Gasteiger partial charge in [0.05, 0.1) is 6.61 Å². The van der Waals surface area contributed by atoms with Crippen molar-refractivity contribution in [2.75, 3.05) is 24.6 Å². The van der Waals surface area contributed by atoms with Crippen LogP contribution in [0.5, 0.6) is 5.75 Å². The van der Waals surface area contributed by atoms with Gasteiger partial charge in [-0.3, -0.25) is 0 Å². The van der Waals surface area contributed by atoms with Crippen LogP contribution in [-0.2, 0) is 6.54 Å². The van der Waals surface area contributed by atoms with E-state index in [2.05, 4.69) is 41.2 Å². The van der Waals surface area contributed by atoms with Crippen LogP contribution >= 0.6 is 11.3 Å². The molecule has 4 nitrogen and oxygen atoms in total. The van der Waals surface area contributed by atoms with E-state index >= 15 is 0 Å². The Morgan fingerprint density at radius 3 is 2.95 bits per heavy atom. The molecule has 2 aromatic rings. The molecule has 0 saturated carbocycles. The van der Waals surface area contributed by atoms with Crippen molar-refractivity contribution in [3.05, 3.63) is 40.9 Å². The zero-order chi connectivity index (χ0) is 15.4. The van der Waals surface area contributed by atoms with Crippen LogP contribution in [0.25, 0.3) is 0 Å². The number of thiazole rings is 1. The van der Waals surface area contributed by atoms with E-state index < -0.39 is 0 Å². The fourth-order valence-corrected chi connectivity index (χ4v) is 3.79. The van der Waals surface area contributed by atoms with E-state index in [-0.39, 0.29) is 0 Å². The van der Waals surface area contributed by atoms with E-state index in [1.54, 1.807) is 11.3 Å². The average Bonchev–Trinajstić information content (AvgIpc) is 3.03. The molecule has 0 radical (unpaired) electrons. The second kappa shape index (κ2) is 7.11. The number of nitrogens with zero attached hydrogens (tertiary/aromatic N) is 2. The highest BCUT2D eigenvalue weighted by atomic mass is 32.1. The summed E-state index contributed by atoms with van der Waals surface area (Å²) in [6.45, 7) is 7.98. The number of fused-ring (bicyclic) bond motifs is 1. The zero-order valence-electron chi connectivity index (χ0n) is 13.2. The lowest BCUT2D eigenvalue weighted by Crippen LogP contribution is -2.26. The van der Waals surface area contributed by atoms with Gasteiger partial charge in [-0.25, -0.2) is 4.98 Å². The number of hydrogen-bond acceptors (Lipinski definition) is 5. The standard InChI is InChI=1S/C17H23N3OS/c1-3-20(4-2)17-19-12-13(22-17)11-18-15-9-10-21-16-8-6-5-7-14(15)16/h5-8,12,15,18H,3-4,9-11H2,1-2H3. The molecule has 22 heavy (non-hydrogen) atoms. The average molecular weight is 317 g/mol. The van der Waals surface area contributed by atoms with Crippen LogP contribution in [0, 0.1) is 0 Å². The van der Waals surface area contributed by atoms with Crippen LogP contribution in [0.1, 0.15) is 36.8 Å². The third kappa shape index (κ3) is 3.25. The first kappa shape index (κ1) is 15.3. The highest BCUT2D eigenvalue weighted by Crippen LogP contribution is 2.32. The number of para-hydroxylation sites is 1. The Kier molecular flexibility index (Phi) is 4.95. The van der Waals surface area contributed by atoms with Crippen molar-refractivity contribution in [3.8, 4) is 5.75 Å². The van der Waals surface area contributed by atoms with Crippen molar-refractivity contribution < 1.29 is 4.74 Å². The third-order valence-corrected chi connectivity index (χ3v) is 5.11. The van der Waals surface area contributed by atoms with Crippen molar-refractivity contribution in [3.63, 3.8) is 0 Å². The van der Waals surface area contributed by atoms with Crippen LogP contribution < -0.4 is 15.0 Å². The van der Waals surface area contributed by atoms with Crippen molar-refractivity contribution in [2.45, 2.75) is 32.9 Å². The predicted molar refractivity (Wildman–Crippen MR) is 91.8 cm³/mol. The summed E-state index contributed by atoms with van der Waals surface area (Å²) in [5.74, 6) is 1.01. The van der Waals surface area contributed by atoms with Crippen molar-refractivity contribution in [2.24, 2.45) is 0 Å². The van der Waals surface area contributed by atoms with E-state index in [0.29, 0.717) is 6.04 Å². The summed E-state index contributed by atoms with van der Waals surface area (Å²) in [5, 5.41) is 4.77. The van der Waals surface area contributed by atoms with Crippen molar-refractivity contribution in [1.82, 2.24) is 10.3 Å². The van der Waals surface area contributed by atoms with Gasteiger partial charge < -0.3 is 15.0 Å². The van der Waals surface area contributed by atoms with Gasteiger partial charge in [-0.05, 0) is 19.9 Å². The number of benzene rings is 1. The summed E-state index contributed by atoms with van der Waals surface area (Å²) in [6, 6.07) is 8.67. The Balaban J connectivity index is 1.64. The largest absolute Gasteiger partial charge is 0.493 e. The number of nitrogens with one attached hydrogen (secondary N) is 1. The van der Waals surface area contributed by atoms with E-state index in [4.69, 9.17) is 4.74 Å². The molecule has 1 aliphatic rings. The lowest BCUT2D eigenvalue weighted by molar-refractivity contribution is 0.252. The van der Waals surface area contributed by atoms with Gasteiger partial charge in [0.2, 0.25) is 0 Å². The quantitative estimate of drug-likeness (QED) is 0.883. The van der Waals surface area contributed by atoms with E-state index in [9.17, 15) is 0 Å². The van der Waals surface area contributed by atoms with E-state index in [1.807, 2.05) is 18.3 Å². The lowest BCUT2D eigenvalue weighted by atomic mass is 10.0. The fourth-order valence-electron chi connectivity index (χ4n) is 2.80. The van der Waals surface area contributed by atoms with Gasteiger partial charge in [0.1, 0.15) is 5.75 Å². The minimum atomic E-state index is 0.365. The maximum Gasteiger partial charge on any atom is 0.185 e. The fraction of sp³-hybridized carbons (Fsp3) is 0.471. The SMILES string of the molecule is CCN(CC)c1ncc(CNC2CCOc3ccccc32)s1. The molecular formula is C17H23N3OS. The molecule has 1 atom stereocenters. The number of rotatable bonds is 6. The summed E-state index contributed by atoms with van der Waals surface area (Å²) >= 11 is 1.78. The van der Waals surface area contributed by atoms with Gasteiger partial charge in [0.15, 0.2) is 5.13 Å². The Hall–Kier alpha value is -1.59. The number of ether oxygens (including phenoxy) is 1. The molecule has 0 spiro atoms. The molecule has 0 saturated heterocycles. The van der Waals surface area contributed by atoms with Crippen LogP contribution in [-0.4, -0.2) is 24.7 Å². The first-order valence-electron chi connectivity index (χ1n) is 7.96. The Bertz CT molecular complexity index is 609. The molecule has 0 amide bonds. The number of hydrogen-bond donors (Lipinski definition) is 1. The molecule has 0 aliphatic carbocycles. The van der Waals surface area contributed by atoms with E-state index in [1.165, 1.54) is 10.4 Å². The second-order valence-corrected chi connectivity index (χ2v) is 6.48. The molecule has 1 aliphatic heterocycles. The molecule has 0 bridgehead atoms. The molecular weight excluding hydrogens is 294 g/mol. The highest BCUT2D eigenvalue weighted by Gasteiger charge is 2.20. The molecule has 118 valence electrons. The van der Waals surface area contributed by atoms with Gasteiger partial charge >= 0.3 is 0 Å². The maximum absolute atomic E-state index is 5.71. The summed E-state index contributed by atoms with van der Waals surface area (Å²) in [6.07, 6.45) is 3.01. The first-order valence-corrected chi connectivity index (χ1v) is 8.78. The molecule has 0 fully saturated rings. The molecule has 1 aromatic heterocycles. The minimum absolute atomic E-state index is 0.365. The molecule has 2 heterocycles. The molecule has 3 rings (SSSR count). The van der Waals surface area contributed by atoms with E-state index in [0.717, 1.165) is 43.5 Å². The van der Waals surface area contributed by atoms with Gasteiger partial charge in [0, 0.05) is 48.7 Å². The van der Waals surface area contributed by atoms with Gasteiger partial charge in [-0.15, -0.1) is 11.3 Å². The van der Waals surface area contributed by atoms with Crippen LogP contribution in [0.4, 0.5) is 5.13 Å². The first-order chi connectivity index (χ1) is 10.8. The smallest absolute Gasteiger partial charge is 0.185 e. The Morgan fingerprint density at radius 2 is 2.14 bits per heavy atom. The molecule has 5 heteroatoms. The van der Waals surface area contributed by atoms with Gasteiger partial charge in [-0.1, -0.05) is 18.2 Å². The number of anilines is 1. The second-order valence-electron chi connectivity index (χ2n) is 5.39. The van der Waals surface area contributed by atoms with Crippen molar-refractivity contribution >= 4 is 16.5 Å². The highest BCUT2D eigenvalue weighted by molar-refractivity contribution is 7.15. The molecule has 1 N–H and O–H groups in total. The third-order valence-electron chi connectivity index (χ3n) is 4.06. The summed E-state index contributed by atoms with van der Waals surface area (Å²) in [7, 11) is 0. The molecule has 1 unspecified atom stereocenters. The predicted octanol–water partition coefficient (Wildman–Crippen LogP) is 3.60. The van der Waals surface area contributed by atoms with Gasteiger partial charge in [-0.2, -0.15) is 0 Å². The molecule has 1 aromatic carbocycles. The topological polar surface area (TPSA) is 37.4 Å². The van der Waals surface area contributed by atoms with Crippen LogP contribution in [0.2, 0.25) is 0 Å². The maximum atomic E-state index is 5.71. The zero-order valence-corrected chi connectivity index (χ0v) is 14.0. The number of aromatic nitrogens is 1. The Morgan fingerprint density at radius 1 is 1.32 bits per heavy atom.